The van der Waals surface area contributed by atoms with Crippen molar-refractivity contribution in [1.82, 2.24) is 4.90 Å². The third kappa shape index (κ3) is 6.52. The number of carbonyl (C=O) groups is 2. The highest BCUT2D eigenvalue weighted by molar-refractivity contribution is 5.81. The molecule has 0 aliphatic heterocycles. The fraction of sp³-hybridized carbons (Fsp3) is 0.385. The van der Waals surface area contributed by atoms with Crippen molar-refractivity contribution in [2.75, 3.05) is 13.1 Å². The second-order valence-electron chi connectivity index (χ2n) is 8.84. The third-order valence-electron chi connectivity index (χ3n) is 6.35. The zero-order valence-corrected chi connectivity index (χ0v) is 18.9. The number of ketones is 1. The van der Waals surface area contributed by atoms with E-state index in [0.717, 1.165) is 5.56 Å². The summed E-state index contributed by atoms with van der Waals surface area (Å²) in [7, 11) is 0. The standard InChI is InChI=1S/C26H25F6NO2/c1-2-12-33(17-24(10-8-22(34)9-11-24)19-6-4-3-5-7-19)23(35)15-18-13-20(25(27,28)29)16-21(14-18)26(30,31)32/h2-7,13-14,16H,1,8-12,15,17H2. The molecule has 0 aromatic heterocycles. The van der Waals surface area contributed by atoms with Crippen LogP contribution in [-0.4, -0.2) is 29.7 Å². The van der Waals surface area contributed by atoms with Crippen LogP contribution in [0.25, 0.3) is 0 Å². The highest BCUT2D eigenvalue weighted by atomic mass is 19.4. The molecule has 1 saturated carbocycles. The van der Waals surface area contributed by atoms with Gasteiger partial charge >= 0.3 is 12.4 Å². The van der Waals surface area contributed by atoms with Crippen molar-refractivity contribution in [1.29, 1.82) is 0 Å². The number of halogens is 6. The predicted octanol–water partition coefficient (Wildman–Crippen LogP) is 6.36. The van der Waals surface area contributed by atoms with Gasteiger partial charge in [-0.2, -0.15) is 26.3 Å². The SMILES string of the molecule is C=CCN(CC1(c2ccccc2)CCC(=O)CC1)C(=O)Cc1cc(C(F)(F)F)cc(C(F)(F)F)c1. The van der Waals surface area contributed by atoms with Crippen molar-refractivity contribution in [3.05, 3.63) is 83.4 Å². The van der Waals surface area contributed by atoms with Crippen LogP contribution in [0.1, 0.15) is 47.9 Å². The number of alkyl halides is 6. The van der Waals surface area contributed by atoms with E-state index >= 15 is 0 Å². The van der Waals surface area contributed by atoms with Gasteiger partial charge in [-0.3, -0.25) is 9.59 Å². The molecule has 0 saturated heterocycles. The van der Waals surface area contributed by atoms with Crippen molar-refractivity contribution in [3.63, 3.8) is 0 Å². The Kier molecular flexibility index (Phi) is 7.77. The fourth-order valence-corrected chi connectivity index (χ4v) is 4.52. The number of nitrogens with zero attached hydrogens (tertiary/aromatic N) is 1. The van der Waals surface area contributed by atoms with Crippen molar-refractivity contribution in [3.8, 4) is 0 Å². The van der Waals surface area contributed by atoms with Gasteiger partial charge in [0.2, 0.25) is 5.91 Å². The largest absolute Gasteiger partial charge is 0.416 e. The fourth-order valence-electron chi connectivity index (χ4n) is 4.52. The Bertz CT molecular complexity index is 1030. The minimum atomic E-state index is -4.99. The Morgan fingerprint density at radius 1 is 0.943 bits per heavy atom. The summed E-state index contributed by atoms with van der Waals surface area (Å²) in [5, 5.41) is 0. The van der Waals surface area contributed by atoms with E-state index in [9.17, 15) is 35.9 Å². The molecule has 0 unspecified atom stereocenters. The quantitative estimate of drug-likeness (QED) is 0.330. The van der Waals surface area contributed by atoms with Gasteiger partial charge in [0.1, 0.15) is 5.78 Å². The summed E-state index contributed by atoms with van der Waals surface area (Å²) >= 11 is 0. The van der Waals surface area contributed by atoms with Gasteiger partial charge in [0.05, 0.1) is 17.5 Å². The van der Waals surface area contributed by atoms with Gasteiger partial charge in [-0.1, -0.05) is 36.4 Å². The van der Waals surface area contributed by atoms with Crippen LogP contribution >= 0.6 is 0 Å². The Labute approximate surface area is 199 Å². The lowest BCUT2D eigenvalue weighted by Crippen LogP contribution is -2.46. The summed E-state index contributed by atoms with van der Waals surface area (Å²) in [5.74, 6) is -0.508. The molecule has 0 N–H and O–H groups in total. The Balaban J connectivity index is 1.92. The van der Waals surface area contributed by atoms with Crippen LogP contribution in [0.15, 0.2) is 61.2 Å². The lowest BCUT2D eigenvalue weighted by Gasteiger charge is -2.41. The van der Waals surface area contributed by atoms with E-state index in [4.69, 9.17) is 0 Å². The molecule has 0 radical (unpaired) electrons. The molecule has 3 rings (SSSR count). The normalized spacial score (nSPS) is 16.1. The topological polar surface area (TPSA) is 37.4 Å². The molecule has 9 heteroatoms. The first kappa shape index (κ1) is 26.5. The molecule has 188 valence electrons. The number of carbonyl (C=O) groups excluding carboxylic acids is 2. The maximum absolute atomic E-state index is 13.2. The summed E-state index contributed by atoms with van der Waals surface area (Å²) in [6.45, 7) is 3.87. The molecule has 0 spiro atoms. The maximum Gasteiger partial charge on any atom is 0.416 e. The molecule has 1 aliphatic rings. The second-order valence-corrected chi connectivity index (χ2v) is 8.84. The molecule has 2 aromatic carbocycles. The maximum atomic E-state index is 13.2. The number of rotatable bonds is 7. The van der Waals surface area contributed by atoms with Crippen LogP contribution < -0.4 is 0 Å². The Morgan fingerprint density at radius 3 is 1.97 bits per heavy atom. The molecule has 0 heterocycles. The number of Topliss-reactive ketones (excluding diaryl/α,β-unsaturated/α-hetero) is 1. The number of benzene rings is 2. The molecule has 0 atom stereocenters. The monoisotopic (exact) mass is 497 g/mol. The van der Waals surface area contributed by atoms with Crippen LogP contribution in [0, 0.1) is 0 Å². The molecule has 1 fully saturated rings. The average Bonchev–Trinajstić information content (AvgIpc) is 2.79. The summed E-state index contributed by atoms with van der Waals surface area (Å²) < 4.78 is 79.4. The van der Waals surface area contributed by atoms with Crippen LogP contribution in [0.5, 0.6) is 0 Å². The lowest BCUT2D eigenvalue weighted by molar-refractivity contribution is -0.143. The van der Waals surface area contributed by atoms with Crippen LogP contribution in [0.4, 0.5) is 26.3 Å². The summed E-state index contributed by atoms with van der Waals surface area (Å²) in [4.78, 5) is 26.5. The molecule has 2 aromatic rings. The average molecular weight is 497 g/mol. The number of hydrogen-bond donors (Lipinski definition) is 0. The summed E-state index contributed by atoms with van der Waals surface area (Å²) in [5.41, 5.74) is -2.93. The molecule has 0 bridgehead atoms. The first-order valence-electron chi connectivity index (χ1n) is 11.1. The van der Waals surface area contributed by atoms with E-state index in [0.29, 0.717) is 37.8 Å². The third-order valence-corrected chi connectivity index (χ3v) is 6.35. The molecular formula is C26H25F6NO2. The van der Waals surface area contributed by atoms with Crippen molar-refractivity contribution < 1.29 is 35.9 Å². The van der Waals surface area contributed by atoms with E-state index in [1.54, 1.807) is 0 Å². The van der Waals surface area contributed by atoms with E-state index in [-0.39, 0.29) is 30.5 Å². The second kappa shape index (κ2) is 10.3. The highest BCUT2D eigenvalue weighted by Crippen LogP contribution is 2.40. The number of hydrogen-bond acceptors (Lipinski definition) is 2. The van der Waals surface area contributed by atoms with Crippen LogP contribution in [-0.2, 0) is 33.8 Å². The van der Waals surface area contributed by atoms with E-state index in [1.165, 1.54) is 11.0 Å². The van der Waals surface area contributed by atoms with Gasteiger partial charge in [-0.25, -0.2) is 0 Å². The summed E-state index contributed by atoms with van der Waals surface area (Å²) in [6.07, 6.45) is -7.54. The molecule has 1 amide bonds. The Morgan fingerprint density at radius 2 is 1.49 bits per heavy atom. The highest BCUT2D eigenvalue weighted by Gasteiger charge is 2.40. The summed E-state index contributed by atoms with van der Waals surface area (Å²) in [6, 6.07) is 10.5. The zero-order valence-electron chi connectivity index (χ0n) is 18.9. The predicted molar refractivity (Wildman–Crippen MR) is 119 cm³/mol. The number of amides is 1. The van der Waals surface area contributed by atoms with Crippen LogP contribution in [0.2, 0.25) is 0 Å². The minimum absolute atomic E-state index is 0.0406. The van der Waals surface area contributed by atoms with Gasteiger partial charge in [0.15, 0.2) is 0 Å². The smallest absolute Gasteiger partial charge is 0.338 e. The van der Waals surface area contributed by atoms with Gasteiger partial charge in [-0.05, 0) is 42.2 Å². The van der Waals surface area contributed by atoms with Gasteiger partial charge in [0, 0.05) is 31.3 Å². The van der Waals surface area contributed by atoms with E-state index in [1.807, 2.05) is 30.3 Å². The van der Waals surface area contributed by atoms with Gasteiger partial charge in [0.25, 0.3) is 0 Å². The van der Waals surface area contributed by atoms with Crippen molar-refractivity contribution in [2.24, 2.45) is 0 Å². The lowest BCUT2D eigenvalue weighted by atomic mass is 9.68. The molecular weight excluding hydrogens is 472 g/mol. The first-order valence-corrected chi connectivity index (χ1v) is 11.1. The Hall–Kier alpha value is -3.10. The van der Waals surface area contributed by atoms with Crippen LogP contribution in [0.3, 0.4) is 0 Å². The van der Waals surface area contributed by atoms with Gasteiger partial charge < -0.3 is 4.90 Å². The van der Waals surface area contributed by atoms with E-state index < -0.39 is 41.2 Å². The first-order chi connectivity index (χ1) is 16.3. The molecule has 35 heavy (non-hydrogen) atoms. The van der Waals surface area contributed by atoms with E-state index in [2.05, 4.69) is 6.58 Å². The van der Waals surface area contributed by atoms with Gasteiger partial charge in [-0.15, -0.1) is 6.58 Å². The zero-order chi connectivity index (χ0) is 25.9. The van der Waals surface area contributed by atoms with Crippen molar-refractivity contribution in [2.45, 2.75) is 49.9 Å². The minimum Gasteiger partial charge on any atom is -0.338 e. The molecule has 3 nitrogen and oxygen atoms in total. The van der Waals surface area contributed by atoms with Crippen molar-refractivity contribution >= 4 is 11.7 Å². The molecule has 1 aliphatic carbocycles.